The summed E-state index contributed by atoms with van der Waals surface area (Å²) in [6.07, 6.45) is 1.67. The second-order valence-corrected chi connectivity index (χ2v) is 6.60. The van der Waals surface area contributed by atoms with Crippen molar-refractivity contribution in [2.24, 2.45) is 0 Å². The molecule has 150 valence electrons. The van der Waals surface area contributed by atoms with Gasteiger partial charge in [-0.3, -0.25) is 10.0 Å². The summed E-state index contributed by atoms with van der Waals surface area (Å²) in [6.45, 7) is 0. The molecule has 0 atom stereocenters. The molecule has 8 heteroatoms. The van der Waals surface area contributed by atoms with E-state index in [9.17, 15) is 10.0 Å². The molecule has 4 aromatic rings. The van der Waals surface area contributed by atoms with E-state index in [4.69, 9.17) is 10.9 Å². The smallest absolute Gasteiger partial charge is 0.255 e. The summed E-state index contributed by atoms with van der Waals surface area (Å²) in [5.74, 6) is 0.110. The molecule has 0 bridgehead atoms. The van der Waals surface area contributed by atoms with E-state index in [0.29, 0.717) is 28.3 Å². The lowest BCUT2D eigenvalue weighted by molar-refractivity contribution is 0.0973. The van der Waals surface area contributed by atoms with Gasteiger partial charge in [-0.1, -0.05) is 24.3 Å². The van der Waals surface area contributed by atoms with Gasteiger partial charge in [0, 0.05) is 11.3 Å². The van der Waals surface area contributed by atoms with E-state index >= 15 is 0 Å². The molecule has 0 aliphatic carbocycles. The summed E-state index contributed by atoms with van der Waals surface area (Å²) < 4.78 is 0. The third kappa shape index (κ3) is 4.14. The lowest BCUT2D eigenvalue weighted by Crippen LogP contribution is -2.22. The number of nitrogen functional groups attached to an aromatic ring is 1. The fourth-order valence-corrected chi connectivity index (χ4v) is 2.97. The highest BCUT2D eigenvalue weighted by Gasteiger charge is 2.13. The van der Waals surface area contributed by atoms with E-state index in [1.807, 2.05) is 24.3 Å². The van der Waals surface area contributed by atoms with Gasteiger partial charge >= 0.3 is 0 Å². The summed E-state index contributed by atoms with van der Waals surface area (Å²) in [4.78, 5) is 20.5. The van der Waals surface area contributed by atoms with Crippen molar-refractivity contribution in [3.05, 3.63) is 95.0 Å². The van der Waals surface area contributed by atoms with Gasteiger partial charge in [-0.2, -0.15) is 0 Å². The third-order valence-corrected chi connectivity index (χ3v) is 4.47. The maximum absolute atomic E-state index is 12.8. The maximum atomic E-state index is 12.8. The standard InChI is InChI=1S/C22H18N5O3/c23-16-10-8-15(9-11-16)22(28)26-20(13-14-4-3-5-17(12-14)27(29)30)21-24-18-6-1-2-7-19(18)25-21/h1-13,29H,23H2,(H,24,25)(H,26,28)/q-1/b20-13-. The first kappa shape index (κ1) is 19.2. The minimum Gasteiger partial charge on any atom is -0.733 e. The largest absolute Gasteiger partial charge is 0.733 e. The van der Waals surface area contributed by atoms with E-state index in [2.05, 4.69) is 15.3 Å². The zero-order valence-electron chi connectivity index (χ0n) is 15.7. The van der Waals surface area contributed by atoms with E-state index in [0.717, 1.165) is 11.0 Å². The maximum Gasteiger partial charge on any atom is 0.255 e. The Balaban J connectivity index is 1.75. The van der Waals surface area contributed by atoms with Crippen LogP contribution in [0.5, 0.6) is 0 Å². The Morgan fingerprint density at radius 1 is 1.10 bits per heavy atom. The molecule has 0 aliphatic heterocycles. The number of aromatic amines is 1. The van der Waals surface area contributed by atoms with Gasteiger partial charge in [0.15, 0.2) is 5.82 Å². The first-order chi connectivity index (χ1) is 14.5. The van der Waals surface area contributed by atoms with Crippen LogP contribution in [0.2, 0.25) is 0 Å². The normalized spacial score (nSPS) is 11.5. The number of nitrogens with two attached hydrogens (primary N) is 1. The molecule has 3 aromatic carbocycles. The van der Waals surface area contributed by atoms with E-state index in [1.165, 1.54) is 12.1 Å². The van der Waals surface area contributed by atoms with Crippen molar-refractivity contribution in [3.63, 3.8) is 0 Å². The highest BCUT2D eigenvalue weighted by molar-refractivity contribution is 6.02. The minimum absolute atomic E-state index is 0.0672. The predicted molar refractivity (Wildman–Crippen MR) is 116 cm³/mol. The number of rotatable bonds is 5. The van der Waals surface area contributed by atoms with Crippen LogP contribution in [-0.4, -0.2) is 21.1 Å². The predicted octanol–water partition coefficient (Wildman–Crippen LogP) is 3.77. The van der Waals surface area contributed by atoms with Crippen LogP contribution in [0.4, 0.5) is 11.4 Å². The highest BCUT2D eigenvalue weighted by atomic mass is 16.8. The molecular formula is C22H18N5O3-. The van der Waals surface area contributed by atoms with Gasteiger partial charge in [0.05, 0.1) is 22.4 Å². The van der Waals surface area contributed by atoms with Crippen molar-refractivity contribution in [2.75, 3.05) is 11.0 Å². The molecule has 5 N–H and O–H groups in total. The second-order valence-electron chi connectivity index (χ2n) is 6.60. The fraction of sp³-hybridized carbons (Fsp3) is 0. The van der Waals surface area contributed by atoms with Crippen LogP contribution in [0.3, 0.4) is 0 Å². The number of amides is 1. The molecule has 4 rings (SSSR count). The van der Waals surface area contributed by atoms with Crippen molar-refractivity contribution in [1.82, 2.24) is 15.3 Å². The summed E-state index contributed by atoms with van der Waals surface area (Å²) in [5.41, 5.74) is 9.31. The van der Waals surface area contributed by atoms with Crippen molar-refractivity contribution < 1.29 is 10.0 Å². The van der Waals surface area contributed by atoms with E-state index < -0.39 is 0 Å². The van der Waals surface area contributed by atoms with Crippen LogP contribution in [-0.2, 0) is 0 Å². The van der Waals surface area contributed by atoms with Gasteiger partial charge in [-0.25, -0.2) is 4.98 Å². The number of hydrogen-bond acceptors (Lipinski definition) is 6. The lowest BCUT2D eigenvalue weighted by Gasteiger charge is -2.21. The molecule has 0 unspecified atom stereocenters. The number of hydrogen-bond donors (Lipinski definition) is 4. The van der Waals surface area contributed by atoms with E-state index in [-0.39, 0.29) is 16.8 Å². The first-order valence-electron chi connectivity index (χ1n) is 9.09. The molecule has 0 saturated heterocycles. The highest BCUT2D eigenvalue weighted by Crippen LogP contribution is 2.21. The number of aromatic nitrogens is 2. The van der Waals surface area contributed by atoms with E-state index in [1.54, 1.807) is 42.5 Å². The van der Waals surface area contributed by atoms with Gasteiger partial charge in [0.1, 0.15) is 0 Å². The summed E-state index contributed by atoms with van der Waals surface area (Å²) in [6, 6.07) is 20.4. The SMILES string of the molecule is Nc1ccc(C(=O)N/C(=C\c2cccc(N([O-])O)c2)c2nc3ccccc3[nH]2)cc1. The molecule has 0 saturated carbocycles. The van der Waals surface area contributed by atoms with Crippen molar-refractivity contribution in [3.8, 4) is 0 Å². The molecule has 0 spiro atoms. The Morgan fingerprint density at radius 2 is 1.87 bits per heavy atom. The Kier molecular flexibility index (Phi) is 5.17. The molecule has 0 radical (unpaired) electrons. The molecule has 1 amide bonds. The van der Waals surface area contributed by atoms with Crippen LogP contribution in [0.1, 0.15) is 21.7 Å². The summed E-state index contributed by atoms with van der Waals surface area (Å²) >= 11 is 0. The Bertz CT molecular complexity index is 1200. The quantitative estimate of drug-likeness (QED) is 0.298. The zero-order valence-corrected chi connectivity index (χ0v) is 15.7. The third-order valence-electron chi connectivity index (χ3n) is 4.47. The number of H-pyrrole nitrogens is 1. The number of carbonyl (C=O) groups excluding carboxylic acids is 1. The lowest BCUT2D eigenvalue weighted by atomic mass is 10.1. The van der Waals surface area contributed by atoms with Crippen LogP contribution < -0.4 is 16.3 Å². The fourth-order valence-electron chi connectivity index (χ4n) is 2.97. The molecule has 30 heavy (non-hydrogen) atoms. The molecule has 0 aliphatic rings. The molecule has 0 fully saturated rings. The van der Waals surface area contributed by atoms with Gasteiger partial charge in [-0.05, 0) is 60.2 Å². The van der Waals surface area contributed by atoms with Crippen molar-refractivity contribution >= 4 is 40.1 Å². The average Bonchev–Trinajstić information content (AvgIpc) is 3.18. The second kappa shape index (κ2) is 8.08. The number of anilines is 2. The van der Waals surface area contributed by atoms with Gasteiger partial charge in [0.2, 0.25) is 0 Å². The zero-order chi connectivity index (χ0) is 21.1. The molecular weight excluding hydrogens is 382 g/mol. The van der Waals surface area contributed by atoms with Crippen molar-refractivity contribution in [2.45, 2.75) is 0 Å². The Hall–Kier alpha value is -4.14. The number of carbonyl (C=O) groups is 1. The number of benzene rings is 3. The number of para-hydroxylation sites is 2. The molecule has 8 nitrogen and oxygen atoms in total. The number of nitrogens with zero attached hydrogens (tertiary/aromatic N) is 2. The first-order valence-corrected chi connectivity index (χ1v) is 9.09. The topological polar surface area (TPSA) is 130 Å². The monoisotopic (exact) mass is 400 g/mol. The van der Waals surface area contributed by atoms with Crippen molar-refractivity contribution in [1.29, 1.82) is 0 Å². The van der Waals surface area contributed by atoms with Crippen LogP contribution in [0.25, 0.3) is 22.8 Å². The molecule has 1 aromatic heterocycles. The summed E-state index contributed by atoms with van der Waals surface area (Å²) in [5, 5.41) is 23.0. The van der Waals surface area contributed by atoms with Crippen LogP contribution >= 0.6 is 0 Å². The minimum atomic E-state index is -0.342. The van der Waals surface area contributed by atoms with Gasteiger partial charge in [0.25, 0.3) is 5.91 Å². The number of imidazole rings is 1. The average molecular weight is 400 g/mol. The Morgan fingerprint density at radius 3 is 2.60 bits per heavy atom. The summed E-state index contributed by atoms with van der Waals surface area (Å²) in [7, 11) is 0. The number of fused-ring (bicyclic) bond motifs is 1. The van der Waals surface area contributed by atoms with Gasteiger partial charge in [-0.15, -0.1) is 0 Å². The Labute approximate surface area is 171 Å². The van der Waals surface area contributed by atoms with Crippen LogP contribution in [0, 0.1) is 5.21 Å². The van der Waals surface area contributed by atoms with Gasteiger partial charge < -0.3 is 26.5 Å². The van der Waals surface area contributed by atoms with Crippen LogP contribution in [0.15, 0.2) is 72.8 Å². The number of nitrogens with one attached hydrogen (secondary N) is 2. The molecule has 1 heterocycles.